The molecule has 0 N–H and O–H groups in total. The lowest BCUT2D eigenvalue weighted by Crippen LogP contribution is -2.00. The van der Waals surface area contributed by atoms with Crippen molar-refractivity contribution >= 4 is 43.5 Å². The summed E-state index contributed by atoms with van der Waals surface area (Å²) in [6, 6.07) is 70.0. The Morgan fingerprint density at radius 1 is 0.281 bits per heavy atom. The van der Waals surface area contributed by atoms with Crippen LogP contribution < -0.4 is 0 Å². The van der Waals surface area contributed by atoms with Crippen LogP contribution in [0.2, 0.25) is 0 Å². The van der Waals surface area contributed by atoms with Crippen molar-refractivity contribution in [1.82, 2.24) is 15.0 Å². The summed E-state index contributed by atoms with van der Waals surface area (Å²) >= 11 is 0. The number of furan rings is 1. The van der Waals surface area contributed by atoms with Gasteiger partial charge in [0.2, 0.25) is 0 Å². The van der Waals surface area contributed by atoms with Crippen molar-refractivity contribution < 1.29 is 4.42 Å². The molecular weight excluding hydrogens is 695 g/mol. The van der Waals surface area contributed by atoms with Crippen LogP contribution in [0.15, 0.2) is 205 Å². The molecule has 0 aliphatic carbocycles. The molecule has 0 spiro atoms. The van der Waals surface area contributed by atoms with Crippen LogP contribution in [0.1, 0.15) is 0 Å². The normalized spacial score (nSPS) is 11.5. The molecule has 0 aliphatic heterocycles. The van der Waals surface area contributed by atoms with Crippen LogP contribution in [0.3, 0.4) is 0 Å². The van der Waals surface area contributed by atoms with E-state index in [0.29, 0.717) is 17.5 Å². The van der Waals surface area contributed by atoms with Crippen molar-refractivity contribution in [2.24, 2.45) is 0 Å². The van der Waals surface area contributed by atoms with Crippen molar-refractivity contribution in [2.45, 2.75) is 0 Å². The summed E-state index contributed by atoms with van der Waals surface area (Å²) in [7, 11) is 0. The third kappa shape index (κ3) is 5.92. The van der Waals surface area contributed by atoms with Gasteiger partial charge in [-0.2, -0.15) is 0 Å². The van der Waals surface area contributed by atoms with Crippen LogP contribution in [0, 0.1) is 0 Å². The molecule has 0 aliphatic rings. The van der Waals surface area contributed by atoms with Crippen LogP contribution in [-0.2, 0) is 0 Å². The average Bonchev–Trinajstić information content (AvgIpc) is 3.67. The zero-order valence-corrected chi connectivity index (χ0v) is 30.8. The molecule has 0 radical (unpaired) electrons. The molecule has 0 amide bonds. The minimum atomic E-state index is 0.594. The Labute approximate surface area is 329 Å². The van der Waals surface area contributed by atoms with Gasteiger partial charge in [-0.1, -0.05) is 176 Å². The molecule has 11 aromatic rings. The maximum atomic E-state index is 6.64. The van der Waals surface area contributed by atoms with Gasteiger partial charge < -0.3 is 4.42 Å². The molecule has 2 aromatic heterocycles. The Bertz CT molecular complexity index is 3260. The molecule has 4 nitrogen and oxygen atoms in total. The average molecular weight is 728 g/mol. The highest BCUT2D eigenvalue weighted by Crippen LogP contribution is 2.41. The first-order valence-corrected chi connectivity index (χ1v) is 19.2. The van der Waals surface area contributed by atoms with Crippen LogP contribution in [0.25, 0.3) is 111 Å². The van der Waals surface area contributed by atoms with Gasteiger partial charge in [0.05, 0.1) is 0 Å². The van der Waals surface area contributed by atoms with Crippen molar-refractivity contribution in [3.8, 4) is 67.5 Å². The van der Waals surface area contributed by atoms with E-state index < -0.39 is 0 Å². The predicted molar refractivity (Wildman–Crippen MR) is 235 cm³/mol. The van der Waals surface area contributed by atoms with Gasteiger partial charge >= 0.3 is 0 Å². The van der Waals surface area contributed by atoms with E-state index >= 15 is 0 Å². The topological polar surface area (TPSA) is 51.8 Å². The summed E-state index contributed by atoms with van der Waals surface area (Å²) < 4.78 is 6.64. The first kappa shape index (κ1) is 32.7. The maximum absolute atomic E-state index is 6.64. The van der Waals surface area contributed by atoms with E-state index in [-0.39, 0.29) is 0 Å². The van der Waals surface area contributed by atoms with Crippen molar-refractivity contribution in [2.75, 3.05) is 0 Å². The second kappa shape index (κ2) is 13.6. The van der Waals surface area contributed by atoms with Crippen LogP contribution in [0.4, 0.5) is 0 Å². The Morgan fingerprint density at radius 3 is 1.46 bits per heavy atom. The Morgan fingerprint density at radius 2 is 0.754 bits per heavy atom. The number of aromatic nitrogens is 3. The first-order valence-electron chi connectivity index (χ1n) is 19.2. The molecular formula is C53H33N3O. The van der Waals surface area contributed by atoms with E-state index in [1.807, 2.05) is 36.4 Å². The van der Waals surface area contributed by atoms with Crippen molar-refractivity contribution in [1.29, 1.82) is 0 Å². The molecule has 0 saturated carbocycles. The smallest absolute Gasteiger partial charge is 0.164 e. The third-order valence-electron chi connectivity index (χ3n) is 10.9. The minimum Gasteiger partial charge on any atom is -0.456 e. The van der Waals surface area contributed by atoms with Crippen molar-refractivity contribution in [3.05, 3.63) is 200 Å². The Balaban J connectivity index is 1.02. The van der Waals surface area contributed by atoms with Crippen LogP contribution in [0.5, 0.6) is 0 Å². The lowest BCUT2D eigenvalue weighted by molar-refractivity contribution is 0.669. The predicted octanol–water partition coefficient (Wildman–Crippen LogP) is 14.1. The number of benzene rings is 9. The number of fused-ring (bicyclic) bond motifs is 6. The van der Waals surface area contributed by atoms with Gasteiger partial charge in [0, 0.05) is 27.5 Å². The Hall–Kier alpha value is -7.69. The fraction of sp³-hybridized carbons (Fsp3) is 0. The number of nitrogens with zero attached hydrogens (tertiary/aromatic N) is 3. The summed E-state index contributed by atoms with van der Waals surface area (Å²) in [5, 5.41) is 6.78. The van der Waals surface area contributed by atoms with Gasteiger partial charge in [0.1, 0.15) is 11.2 Å². The summed E-state index contributed by atoms with van der Waals surface area (Å²) in [5.41, 5.74) is 11.4. The molecule has 4 heteroatoms. The number of rotatable bonds is 6. The van der Waals surface area contributed by atoms with Crippen LogP contribution >= 0.6 is 0 Å². The highest BCUT2D eigenvalue weighted by atomic mass is 16.3. The lowest BCUT2D eigenvalue weighted by atomic mass is 9.96. The molecule has 57 heavy (non-hydrogen) atoms. The molecule has 0 fully saturated rings. The van der Waals surface area contributed by atoms with Gasteiger partial charge in [-0.25, -0.2) is 15.0 Å². The monoisotopic (exact) mass is 727 g/mol. The van der Waals surface area contributed by atoms with Crippen LogP contribution in [-0.4, -0.2) is 15.0 Å². The number of hydrogen-bond donors (Lipinski definition) is 0. The second-order valence-corrected chi connectivity index (χ2v) is 14.4. The third-order valence-corrected chi connectivity index (χ3v) is 10.9. The Kier molecular flexibility index (Phi) is 7.78. The fourth-order valence-electron chi connectivity index (χ4n) is 8.01. The number of hydrogen-bond acceptors (Lipinski definition) is 4. The highest BCUT2D eigenvalue weighted by molar-refractivity contribution is 6.22. The molecule has 0 saturated heterocycles. The molecule has 0 atom stereocenters. The summed E-state index contributed by atoms with van der Waals surface area (Å²) in [4.78, 5) is 15.3. The highest BCUT2D eigenvalue weighted by Gasteiger charge is 2.19. The summed E-state index contributed by atoms with van der Waals surface area (Å²) in [6.45, 7) is 0. The molecule has 0 bridgehead atoms. The maximum Gasteiger partial charge on any atom is 0.164 e. The largest absolute Gasteiger partial charge is 0.456 e. The second-order valence-electron chi connectivity index (χ2n) is 14.4. The van der Waals surface area contributed by atoms with Gasteiger partial charge in [0.15, 0.2) is 17.5 Å². The first-order chi connectivity index (χ1) is 28.2. The summed E-state index contributed by atoms with van der Waals surface area (Å²) in [5.74, 6) is 1.83. The molecule has 2 heterocycles. The zero-order chi connectivity index (χ0) is 37.7. The standard InChI is InChI=1S/C53H33N3O/c1-3-11-34(12-4-1)36-23-26-40(27-24-36)52-54-51(39-14-5-2-6-15-39)55-53(56-52)46-33-49-50(45-18-10-9-17-44(45)46)47-32-43(29-30-48(47)57-49)38-21-19-37(20-22-38)42-28-25-35-13-7-8-16-41(35)31-42/h1-33H. The van der Waals surface area contributed by atoms with E-state index in [0.717, 1.165) is 71.7 Å². The van der Waals surface area contributed by atoms with E-state index in [9.17, 15) is 0 Å². The van der Waals surface area contributed by atoms with Gasteiger partial charge in [-0.15, -0.1) is 0 Å². The van der Waals surface area contributed by atoms with Gasteiger partial charge in [0.25, 0.3) is 0 Å². The van der Waals surface area contributed by atoms with E-state index in [1.54, 1.807) is 0 Å². The SMILES string of the molecule is c1ccc(-c2ccc(-c3nc(-c4ccccc4)nc(-c4cc5oc6ccc(-c7ccc(-c8ccc9ccccc9c8)cc7)cc6c5c5ccccc45)n3)cc2)cc1. The quantitative estimate of drug-likeness (QED) is 0.171. The molecule has 0 unspecified atom stereocenters. The van der Waals surface area contributed by atoms with Gasteiger partial charge in [-0.3, -0.25) is 0 Å². The lowest BCUT2D eigenvalue weighted by Gasteiger charge is -2.11. The van der Waals surface area contributed by atoms with E-state index in [1.165, 1.54) is 21.9 Å². The molecule has 9 aromatic carbocycles. The molecule has 266 valence electrons. The minimum absolute atomic E-state index is 0.594. The molecule has 11 rings (SSSR count). The van der Waals surface area contributed by atoms with Crippen molar-refractivity contribution in [3.63, 3.8) is 0 Å². The van der Waals surface area contributed by atoms with E-state index in [4.69, 9.17) is 19.4 Å². The fourth-order valence-corrected chi connectivity index (χ4v) is 8.01. The van der Waals surface area contributed by atoms with Gasteiger partial charge in [-0.05, 0) is 79.2 Å². The summed E-state index contributed by atoms with van der Waals surface area (Å²) in [6.07, 6.45) is 0. The zero-order valence-electron chi connectivity index (χ0n) is 30.8. The van der Waals surface area contributed by atoms with E-state index in [2.05, 4.69) is 164 Å².